The van der Waals surface area contributed by atoms with E-state index in [1.165, 1.54) is 12.1 Å². The van der Waals surface area contributed by atoms with Crippen molar-refractivity contribution >= 4 is 17.6 Å². The van der Waals surface area contributed by atoms with E-state index in [0.29, 0.717) is 24.1 Å². The first-order chi connectivity index (χ1) is 10.7. The van der Waals surface area contributed by atoms with E-state index < -0.39 is 29.9 Å². The van der Waals surface area contributed by atoms with Crippen molar-refractivity contribution in [2.45, 2.75) is 44.7 Å². The molecule has 7 heteroatoms. The zero-order valence-corrected chi connectivity index (χ0v) is 12.4. The number of aliphatic carboxylic acids is 1. The molecule has 0 bridgehead atoms. The Bertz CT molecular complexity index is 594. The van der Waals surface area contributed by atoms with Crippen molar-refractivity contribution in [1.82, 2.24) is 0 Å². The van der Waals surface area contributed by atoms with Gasteiger partial charge in [0, 0.05) is 18.5 Å². The molecule has 23 heavy (non-hydrogen) atoms. The van der Waals surface area contributed by atoms with Crippen LogP contribution in [-0.2, 0) is 16.0 Å². The summed E-state index contributed by atoms with van der Waals surface area (Å²) in [5, 5.41) is 11.8. The molecule has 126 valence electrons. The first-order valence-electron chi connectivity index (χ1n) is 7.40. The molecule has 0 atom stereocenters. The number of alkyl halides is 3. The van der Waals surface area contributed by atoms with Crippen molar-refractivity contribution in [2.75, 3.05) is 5.32 Å². The first-order valence-corrected chi connectivity index (χ1v) is 7.40. The lowest BCUT2D eigenvalue weighted by Crippen LogP contribution is -2.41. The van der Waals surface area contributed by atoms with Crippen LogP contribution < -0.4 is 5.32 Å². The minimum Gasteiger partial charge on any atom is -0.481 e. The SMILES string of the molecule is O=C(CC1(C(=O)O)CCC1)Nc1ccccc1CCC(F)(F)F. The van der Waals surface area contributed by atoms with Crippen LogP contribution in [0.3, 0.4) is 0 Å². The number of hydrogen-bond donors (Lipinski definition) is 2. The topological polar surface area (TPSA) is 66.4 Å². The van der Waals surface area contributed by atoms with Gasteiger partial charge in [0.15, 0.2) is 0 Å². The number of carboxylic acid groups (broad SMARTS) is 1. The number of hydrogen-bond acceptors (Lipinski definition) is 2. The Hall–Kier alpha value is -2.05. The third-order valence-electron chi connectivity index (χ3n) is 4.23. The second kappa shape index (κ2) is 6.60. The Kier molecular flexibility index (Phi) is 4.97. The molecule has 1 amide bonds. The fourth-order valence-corrected chi connectivity index (χ4v) is 2.71. The van der Waals surface area contributed by atoms with Crippen molar-refractivity contribution in [3.63, 3.8) is 0 Å². The summed E-state index contributed by atoms with van der Waals surface area (Å²) in [5.41, 5.74) is -0.330. The van der Waals surface area contributed by atoms with Gasteiger partial charge in [0.25, 0.3) is 0 Å². The predicted molar refractivity (Wildman–Crippen MR) is 78.0 cm³/mol. The molecule has 4 nitrogen and oxygen atoms in total. The van der Waals surface area contributed by atoms with Gasteiger partial charge in [-0.15, -0.1) is 0 Å². The quantitative estimate of drug-likeness (QED) is 0.835. The maximum absolute atomic E-state index is 12.3. The lowest BCUT2D eigenvalue weighted by Gasteiger charge is -2.36. The molecule has 0 radical (unpaired) electrons. The van der Waals surface area contributed by atoms with E-state index >= 15 is 0 Å². The molecule has 1 fully saturated rings. The van der Waals surface area contributed by atoms with Crippen LogP contribution in [0.1, 0.15) is 37.7 Å². The van der Waals surface area contributed by atoms with Gasteiger partial charge in [0.05, 0.1) is 5.41 Å². The van der Waals surface area contributed by atoms with Crippen molar-refractivity contribution in [3.05, 3.63) is 29.8 Å². The van der Waals surface area contributed by atoms with E-state index in [1.54, 1.807) is 12.1 Å². The molecule has 1 saturated carbocycles. The van der Waals surface area contributed by atoms with Crippen LogP contribution in [0.2, 0.25) is 0 Å². The molecule has 0 saturated heterocycles. The van der Waals surface area contributed by atoms with Gasteiger partial charge in [-0.05, 0) is 30.9 Å². The van der Waals surface area contributed by atoms with E-state index in [9.17, 15) is 27.9 Å². The lowest BCUT2D eigenvalue weighted by atomic mass is 9.66. The van der Waals surface area contributed by atoms with Crippen LogP contribution in [0, 0.1) is 5.41 Å². The van der Waals surface area contributed by atoms with E-state index in [1.807, 2.05) is 0 Å². The van der Waals surface area contributed by atoms with E-state index in [0.717, 1.165) is 6.42 Å². The average Bonchev–Trinajstić information content (AvgIpc) is 2.40. The molecule has 2 rings (SSSR count). The summed E-state index contributed by atoms with van der Waals surface area (Å²) >= 11 is 0. The van der Waals surface area contributed by atoms with Crippen LogP contribution >= 0.6 is 0 Å². The fraction of sp³-hybridized carbons (Fsp3) is 0.500. The third-order valence-corrected chi connectivity index (χ3v) is 4.23. The van der Waals surface area contributed by atoms with Gasteiger partial charge in [-0.25, -0.2) is 0 Å². The smallest absolute Gasteiger partial charge is 0.389 e. The summed E-state index contributed by atoms with van der Waals surface area (Å²) in [6, 6.07) is 6.27. The highest BCUT2D eigenvalue weighted by Gasteiger charge is 2.45. The van der Waals surface area contributed by atoms with Crippen molar-refractivity contribution in [3.8, 4) is 0 Å². The van der Waals surface area contributed by atoms with E-state index in [4.69, 9.17) is 0 Å². The maximum Gasteiger partial charge on any atom is 0.389 e. The van der Waals surface area contributed by atoms with Crippen LogP contribution in [0.4, 0.5) is 18.9 Å². The van der Waals surface area contributed by atoms with Gasteiger partial charge in [-0.1, -0.05) is 24.6 Å². The third kappa shape index (κ3) is 4.46. The molecule has 1 aliphatic rings. The predicted octanol–water partition coefficient (Wildman–Crippen LogP) is 3.77. The highest BCUT2D eigenvalue weighted by atomic mass is 19.4. The molecule has 1 aromatic carbocycles. The first kappa shape index (κ1) is 17.3. The number of rotatable bonds is 6. The van der Waals surface area contributed by atoms with Crippen molar-refractivity contribution in [1.29, 1.82) is 0 Å². The summed E-state index contributed by atoms with van der Waals surface area (Å²) in [4.78, 5) is 23.3. The molecule has 2 N–H and O–H groups in total. The highest BCUT2D eigenvalue weighted by Crippen LogP contribution is 2.44. The molecule has 0 unspecified atom stereocenters. The minimum atomic E-state index is -4.27. The average molecular weight is 329 g/mol. The fourth-order valence-electron chi connectivity index (χ4n) is 2.71. The summed E-state index contributed by atoms with van der Waals surface area (Å²) in [5.74, 6) is -1.48. The molecule has 0 aromatic heterocycles. The van der Waals surface area contributed by atoms with Gasteiger partial charge in [0.2, 0.25) is 5.91 Å². The molecule has 1 aromatic rings. The van der Waals surface area contributed by atoms with E-state index in [2.05, 4.69) is 5.32 Å². The summed E-state index contributed by atoms with van der Waals surface area (Å²) in [7, 11) is 0. The Morgan fingerprint density at radius 2 is 1.87 bits per heavy atom. The second-order valence-corrected chi connectivity index (χ2v) is 5.94. The Morgan fingerprint density at radius 3 is 2.39 bits per heavy atom. The molecule has 0 aliphatic heterocycles. The van der Waals surface area contributed by atoms with Crippen LogP contribution in [-0.4, -0.2) is 23.2 Å². The molecule has 0 heterocycles. The number of halogens is 3. The number of anilines is 1. The van der Waals surface area contributed by atoms with Gasteiger partial charge in [-0.2, -0.15) is 13.2 Å². The van der Waals surface area contributed by atoms with Gasteiger partial charge >= 0.3 is 12.1 Å². The summed E-state index contributed by atoms with van der Waals surface area (Å²) in [6.45, 7) is 0. The number of aryl methyl sites for hydroxylation is 1. The van der Waals surface area contributed by atoms with Crippen LogP contribution in [0.5, 0.6) is 0 Å². The van der Waals surface area contributed by atoms with Crippen LogP contribution in [0.15, 0.2) is 24.3 Å². The number of carbonyl (C=O) groups excluding carboxylic acids is 1. The monoisotopic (exact) mass is 329 g/mol. The Balaban J connectivity index is 2.02. The standard InChI is InChI=1S/C16H18F3NO3/c17-16(18,19)9-6-11-4-1-2-5-12(11)20-13(21)10-15(14(22)23)7-3-8-15/h1-2,4-5H,3,6-10H2,(H,20,21)(H,22,23). The Labute approximate surface area is 131 Å². The van der Waals surface area contributed by atoms with E-state index in [-0.39, 0.29) is 12.8 Å². The summed E-state index contributed by atoms with van der Waals surface area (Å²) in [6.07, 6.45) is -3.96. The Morgan fingerprint density at radius 1 is 1.22 bits per heavy atom. The minimum absolute atomic E-state index is 0.157. The number of carboxylic acids is 1. The zero-order valence-electron chi connectivity index (χ0n) is 12.4. The molecular weight excluding hydrogens is 311 g/mol. The van der Waals surface area contributed by atoms with Gasteiger partial charge < -0.3 is 10.4 Å². The van der Waals surface area contributed by atoms with Crippen molar-refractivity contribution in [2.24, 2.45) is 5.41 Å². The largest absolute Gasteiger partial charge is 0.481 e. The molecular formula is C16H18F3NO3. The van der Waals surface area contributed by atoms with Gasteiger partial charge in [0.1, 0.15) is 0 Å². The normalized spacial score (nSPS) is 16.5. The summed E-state index contributed by atoms with van der Waals surface area (Å²) < 4.78 is 37.0. The number of amides is 1. The highest BCUT2D eigenvalue weighted by molar-refractivity contribution is 5.95. The van der Waals surface area contributed by atoms with Gasteiger partial charge in [-0.3, -0.25) is 9.59 Å². The number of benzene rings is 1. The second-order valence-electron chi connectivity index (χ2n) is 5.94. The lowest BCUT2D eigenvalue weighted by molar-refractivity contribution is -0.157. The van der Waals surface area contributed by atoms with Crippen LogP contribution in [0.25, 0.3) is 0 Å². The molecule has 0 spiro atoms. The zero-order chi connectivity index (χ0) is 17.1. The van der Waals surface area contributed by atoms with Crippen molar-refractivity contribution < 1.29 is 27.9 Å². The number of nitrogens with one attached hydrogen (secondary N) is 1. The maximum atomic E-state index is 12.3. The number of para-hydroxylation sites is 1. The molecule has 1 aliphatic carbocycles. The number of carbonyl (C=O) groups is 2.